The number of benzene rings is 2. The molecule has 6 rings (SSSR count). The van der Waals surface area contributed by atoms with Gasteiger partial charge in [-0.15, -0.1) is 0 Å². The molecule has 38 heavy (non-hydrogen) atoms. The van der Waals surface area contributed by atoms with Crippen LogP contribution in [0.15, 0.2) is 73.2 Å². The van der Waals surface area contributed by atoms with E-state index < -0.39 is 0 Å². The van der Waals surface area contributed by atoms with E-state index in [-0.39, 0.29) is 11.8 Å². The lowest BCUT2D eigenvalue weighted by Gasteiger charge is -2.09. The first-order chi connectivity index (χ1) is 18.5. The third-order valence-corrected chi connectivity index (χ3v) is 6.67. The number of carbonyl (C=O) groups excluding carboxylic acids is 1. The number of H-pyrrole nitrogens is 2. The average Bonchev–Trinajstić information content (AvgIpc) is 3.56. The number of nitrogens with one attached hydrogen (secondary N) is 3. The number of aromatic amines is 2. The number of aromatic nitrogens is 6. The number of imidazole rings is 1. The van der Waals surface area contributed by atoms with Crippen LogP contribution < -0.4 is 5.32 Å². The maximum atomic E-state index is 12.1. The molecule has 8 nitrogen and oxygen atoms in total. The van der Waals surface area contributed by atoms with Crippen molar-refractivity contribution < 1.29 is 4.79 Å². The fourth-order valence-electron chi connectivity index (χ4n) is 4.53. The molecule has 0 bridgehead atoms. The van der Waals surface area contributed by atoms with Crippen molar-refractivity contribution in [3.05, 3.63) is 78.8 Å². The molecular weight excluding hydrogens is 474 g/mol. The Morgan fingerprint density at radius 1 is 0.974 bits per heavy atom. The van der Waals surface area contributed by atoms with Gasteiger partial charge in [0.15, 0.2) is 11.5 Å². The summed E-state index contributed by atoms with van der Waals surface area (Å²) in [5, 5.41) is 11.3. The van der Waals surface area contributed by atoms with E-state index in [0.29, 0.717) is 17.2 Å². The second-order valence-corrected chi connectivity index (χ2v) is 9.64. The van der Waals surface area contributed by atoms with Crippen molar-refractivity contribution in [1.82, 2.24) is 30.1 Å². The fraction of sp³-hybridized carbons (Fsp3) is 0.167. The minimum Gasteiger partial charge on any atom is -0.337 e. The summed E-state index contributed by atoms with van der Waals surface area (Å²) >= 11 is 0. The molecule has 4 aromatic heterocycles. The summed E-state index contributed by atoms with van der Waals surface area (Å²) in [6.07, 6.45) is 6.13. The summed E-state index contributed by atoms with van der Waals surface area (Å²) in [7, 11) is 0. The lowest BCUT2D eigenvalue weighted by molar-refractivity contribution is -0.118. The number of rotatable bonds is 6. The molecule has 0 saturated carbocycles. The van der Waals surface area contributed by atoms with E-state index in [2.05, 4.69) is 67.7 Å². The van der Waals surface area contributed by atoms with Crippen molar-refractivity contribution in [2.24, 2.45) is 5.92 Å². The molecule has 0 radical (unpaired) electrons. The number of para-hydroxylation sites is 1. The Morgan fingerprint density at radius 3 is 2.66 bits per heavy atom. The number of carbonyl (C=O) groups is 1. The largest absolute Gasteiger partial charge is 0.337 e. The second-order valence-electron chi connectivity index (χ2n) is 9.64. The van der Waals surface area contributed by atoms with Gasteiger partial charge in [0.05, 0.1) is 28.3 Å². The quantitative estimate of drug-likeness (QED) is 0.245. The second kappa shape index (κ2) is 9.55. The van der Waals surface area contributed by atoms with Crippen molar-refractivity contribution in [2.75, 3.05) is 5.32 Å². The molecule has 1 amide bonds. The molecule has 0 saturated heterocycles. The van der Waals surface area contributed by atoms with E-state index in [1.54, 1.807) is 18.6 Å². The number of pyridine rings is 2. The summed E-state index contributed by atoms with van der Waals surface area (Å²) in [6.45, 7) is 5.87. The van der Waals surface area contributed by atoms with Crippen molar-refractivity contribution >= 4 is 33.7 Å². The Balaban J connectivity index is 1.41. The van der Waals surface area contributed by atoms with Crippen LogP contribution in [-0.2, 0) is 11.2 Å². The van der Waals surface area contributed by atoms with Gasteiger partial charge in [0.2, 0.25) is 5.91 Å². The number of aryl methyl sites for hydroxylation is 1. The number of amides is 1. The maximum absolute atomic E-state index is 12.1. The van der Waals surface area contributed by atoms with Gasteiger partial charge in [-0.25, -0.2) is 9.97 Å². The Morgan fingerprint density at radius 2 is 1.82 bits per heavy atom. The highest BCUT2D eigenvalue weighted by molar-refractivity contribution is 5.97. The molecular formula is C30H27N7O. The van der Waals surface area contributed by atoms with Gasteiger partial charge in [-0.05, 0) is 35.7 Å². The summed E-state index contributed by atoms with van der Waals surface area (Å²) in [5.74, 6) is 0.516. The Hall–Kier alpha value is -4.85. The fourth-order valence-corrected chi connectivity index (χ4v) is 4.53. The van der Waals surface area contributed by atoms with Crippen LogP contribution in [0.2, 0.25) is 0 Å². The molecule has 4 heterocycles. The van der Waals surface area contributed by atoms with E-state index in [1.807, 2.05) is 38.1 Å². The average molecular weight is 502 g/mol. The van der Waals surface area contributed by atoms with Crippen molar-refractivity contribution in [3.63, 3.8) is 0 Å². The van der Waals surface area contributed by atoms with Gasteiger partial charge in [-0.2, -0.15) is 5.10 Å². The van der Waals surface area contributed by atoms with E-state index in [0.717, 1.165) is 50.8 Å². The molecule has 188 valence electrons. The summed E-state index contributed by atoms with van der Waals surface area (Å²) < 4.78 is 0. The normalized spacial score (nSPS) is 11.5. The number of nitrogens with zero attached hydrogens (tertiary/aromatic N) is 4. The van der Waals surface area contributed by atoms with Crippen LogP contribution in [0.1, 0.15) is 26.3 Å². The van der Waals surface area contributed by atoms with Crippen LogP contribution in [0.25, 0.3) is 55.8 Å². The molecule has 2 aromatic carbocycles. The maximum Gasteiger partial charge on any atom is 0.226 e. The molecule has 0 atom stereocenters. The Labute approximate surface area is 219 Å². The number of anilines is 1. The van der Waals surface area contributed by atoms with Crippen molar-refractivity contribution in [1.29, 1.82) is 0 Å². The van der Waals surface area contributed by atoms with Gasteiger partial charge in [-0.3, -0.25) is 14.9 Å². The zero-order valence-corrected chi connectivity index (χ0v) is 21.4. The van der Waals surface area contributed by atoms with Crippen LogP contribution in [0.3, 0.4) is 0 Å². The molecule has 0 spiro atoms. The number of hydrogen-bond donors (Lipinski definition) is 3. The van der Waals surface area contributed by atoms with Gasteiger partial charge in [0, 0.05) is 35.0 Å². The lowest BCUT2D eigenvalue weighted by atomic mass is 10.0. The summed E-state index contributed by atoms with van der Waals surface area (Å²) in [4.78, 5) is 29.5. The van der Waals surface area contributed by atoms with Gasteiger partial charge >= 0.3 is 0 Å². The zero-order valence-electron chi connectivity index (χ0n) is 21.4. The van der Waals surface area contributed by atoms with Gasteiger partial charge in [0.25, 0.3) is 0 Å². The first-order valence-electron chi connectivity index (χ1n) is 12.7. The SMILES string of the molecule is CCc1cccc(-c2cccc3[nH]c(-c4[nH]nc5ncc(-c6cncc(NC(=O)C(C)C)c6)cc45)nc23)c1. The highest BCUT2D eigenvalue weighted by Gasteiger charge is 2.16. The summed E-state index contributed by atoms with van der Waals surface area (Å²) in [5.41, 5.74) is 9.06. The van der Waals surface area contributed by atoms with Crippen LogP contribution >= 0.6 is 0 Å². The first kappa shape index (κ1) is 23.5. The Kier molecular flexibility index (Phi) is 5.92. The van der Waals surface area contributed by atoms with E-state index in [9.17, 15) is 4.79 Å². The molecule has 0 aliphatic rings. The van der Waals surface area contributed by atoms with E-state index in [1.165, 1.54) is 5.56 Å². The van der Waals surface area contributed by atoms with Crippen LogP contribution in [0.4, 0.5) is 5.69 Å². The predicted molar refractivity (Wildman–Crippen MR) is 150 cm³/mol. The highest BCUT2D eigenvalue weighted by atomic mass is 16.1. The molecule has 8 heteroatoms. The molecule has 0 aliphatic carbocycles. The monoisotopic (exact) mass is 501 g/mol. The summed E-state index contributed by atoms with van der Waals surface area (Å²) in [6, 6.07) is 18.7. The van der Waals surface area contributed by atoms with E-state index in [4.69, 9.17) is 4.98 Å². The highest BCUT2D eigenvalue weighted by Crippen LogP contribution is 2.33. The first-order valence-corrected chi connectivity index (χ1v) is 12.7. The smallest absolute Gasteiger partial charge is 0.226 e. The van der Waals surface area contributed by atoms with E-state index >= 15 is 0 Å². The van der Waals surface area contributed by atoms with Gasteiger partial charge in [-0.1, -0.05) is 57.2 Å². The topological polar surface area (TPSA) is 112 Å². The van der Waals surface area contributed by atoms with Crippen molar-refractivity contribution in [3.8, 4) is 33.8 Å². The van der Waals surface area contributed by atoms with Gasteiger partial charge < -0.3 is 10.3 Å². The number of hydrogen-bond acceptors (Lipinski definition) is 5. The van der Waals surface area contributed by atoms with Gasteiger partial charge in [0.1, 0.15) is 5.69 Å². The standard InChI is InChI=1S/C30H27N7O/c1-4-18-7-5-8-19(11-18)23-9-6-10-25-26(23)35-29(34-25)27-24-13-21(15-32-28(24)37-36-27)20-12-22(16-31-14-20)33-30(38)17(2)3/h5-17H,4H2,1-3H3,(H,33,38)(H,34,35)(H,32,36,37). The zero-order chi connectivity index (χ0) is 26.2. The van der Waals surface area contributed by atoms with Crippen LogP contribution in [0, 0.1) is 5.92 Å². The van der Waals surface area contributed by atoms with Crippen molar-refractivity contribution in [2.45, 2.75) is 27.2 Å². The van der Waals surface area contributed by atoms with Crippen LogP contribution in [0.5, 0.6) is 0 Å². The molecule has 6 aromatic rings. The third kappa shape index (κ3) is 4.30. The molecule has 0 unspecified atom stereocenters. The number of fused-ring (bicyclic) bond motifs is 2. The Bertz CT molecular complexity index is 1800. The predicted octanol–water partition coefficient (Wildman–Crippen LogP) is 6.39. The molecule has 0 fully saturated rings. The third-order valence-electron chi connectivity index (χ3n) is 6.67. The molecule has 0 aliphatic heterocycles. The van der Waals surface area contributed by atoms with Crippen LogP contribution in [-0.4, -0.2) is 36.0 Å². The lowest BCUT2D eigenvalue weighted by Crippen LogP contribution is -2.17. The minimum atomic E-state index is -0.120. The molecule has 3 N–H and O–H groups in total. The minimum absolute atomic E-state index is 0.0553.